The van der Waals surface area contributed by atoms with Crippen LogP contribution in [-0.2, 0) is 21.3 Å². The van der Waals surface area contributed by atoms with Crippen molar-refractivity contribution in [3.05, 3.63) is 65.7 Å². The Balaban J connectivity index is 1.82. The molecule has 0 unspecified atom stereocenters. The predicted molar refractivity (Wildman–Crippen MR) is 94.0 cm³/mol. The minimum Gasteiger partial charge on any atom is -0.338 e. The predicted octanol–water partition coefficient (Wildman–Crippen LogP) is 4.52. The van der Waals surface area contributed by atoms with Crippen LogP contribution in [0.1, 0.15) is 43.1 Å². The van der Waals surface area contributed by atoms with Crippen molar-refractivity contribution >= 4 is 5.78 Å². The highest BCUT2D eigenvalue weighted by Crippen LogP contribution is 2.19. The van der Waals surface area contributed by atoms with E-state index in [2.05, 4.69) is 0 Å². The van der Waals surface area contributed by atoms with Crippen LogP contribution in [0.4, 0.5) is 0 Å². The molecule has 0 bridgehead atoms. The molecule has 0 aliphatic heterocycles. The van der Waals surface area contributed by atoms with Gasteiger partial charge in [0.1, 0.15) is 6.61 Å². The Hall–Kier alpha value is -2.21. The number of hydrogen-bond acceptors (Lipinski definition) is 5. The first-order chi connectivity index (χ1) is 12.0. The van der Waals surface area contributed by atoms with Crippen molar-refractivity contribution < 1.29 is 24.3 Å². The molecule has 0 N–H and O–H groups in total. The number of rotatable bonds is 10. The van der Waals surface area contributed by atoms with E-state index in [0.717, 1.165) is 12.0 Å². The Bertz CT molecular complexity index is 650. The van der Waals surface area contributed by atoms with Gasteiger partial charge in [0.05, 0.1) is 6.61 Å². The SMILES string of the molecule is CCCOOc1ccc(COOC(C)(C)C(=O)c2ccccc2)cc1. The van der Waals surface area contributed by atoms with Gasteiger partial charge in [0.2, 0.25) is 0 Å². The van der Waals surface area contributed by atoms with Gasteiger partial charge in [-0.05, 0) is 38.0 Å². The zero-order valence-electron chi connectivity index (χ0n) is 14.9. The summed E-state index contributed by atoms with van der Waals surface area (Å²) in [6, 6.07) is 16.3. The lowest BCUT2D eigenvalue weighted by molar-refractivity contribution is -0.345. The molecule has 0 atom stereocenters. The first kappa shape index (κ1) is 19.1. The molecule has 0 amide bonds. The highest BCUT2D eigenvalue weighted by atomic mass is 17.2. The maximum absolute atomic E-state index is 12.4. The summed E-state index contributed by atoms with van der Waals surface area (Å²) in [5, 5.41) is 0. The first-order valence-electron chi connectivity index (χ1n) is 8.32. The fourth-order valence-electron chi connectivity index (χ4n) is 2.05. The zero-order chi connectivity index (χ0) is 18.1. The molecule has 0 heterocycles. The van der Waals surface area contributed by atoms with Crippen LogP contribution < -0.4 is 4.89 Å². The molecule has 134 valence electrons. The average Bonchev–Trinajstić information content (AvgIpc) is 2.63. The minimum atomic E-state index is -1.07. The molecule has 2 aromatic rings. The van der Waals surface area contributed by atoms with Crippen LogP contribution >= 0.6 is 0 Å². The van der Waals surface area contributed by atoms with E-state index >= 15 is 0 Å². The average molecular weight is 344 g/mol. The lowest BCUT2D eigenvalue weighted by atomic mass is 9.97. The molecule has 0 aromatic heterocycles. The third kappa shape index (κ3) is 5.98. The lowest BCUT2D eigenvalue weighted by Crippen LogP contribution is -2.35. The van der Waals surface area contributed by atoms with Crippen LogP contribution in [0.3, 0.4) is 0 Å². The van der Waals surface area contributed by atoms with Gasteiger partial charge in [-0.15, -0.1) is 0 Å². The van der Waals surface area contributed by atoms with Crippen LogP contribution in [-0.4, -0.2) is 18.0 Å². The Kier molecular flexibility index (Phi) is 7.13. The van der Waals surface area contributed by atoms with Gasteiger partial charge >= 0.3 is 0 Å². The second-order valence-electron chi connectivity index (χ2n) is 6.10. The molecule has 0 saturated heterocycles. The van der Waals surface area contributed by atoms with Crippen molar-refractivity contribution in [3.8, 4) is 5.75 Å². The summed E-state index contributed by atoms with van der Waals surface area (Å²) < 4.78 is 0. The van der Waals surface area contributed by atoms with E-state index in [-0.39, 0.29) is 12.4 Å². The van der Waals surface area contributed by atoms with Crippen molar-refractivity contribution in [2.75, 3.05) is 6.61 Å². The van der Waals surface area contributed by atoms with Gasteiger partial charge in [-0.25, -0.2) is 9.78 Å². The quantitative estimate of drug-likeness (QED) is 0.275. The van der Waals surface area contributed by atoms with Crippen molar-refractivity contribution in [2.24, 2.45) is 0 Å². The van der Waals surface area contributed by atoms with Crippen LogP contribution in [0.25, 0.3) is 0 Å². The van der Waals surface area contributed by atoms with E-state index in [1.165, 1.54) is 0 Å². The molecular formula is C20H24O5. The number of carbonyl (C=O) groups excluding carboxylic acids is 1. The van der Waals surface area contributed by atoms with Gasteiger partial charge in [0.25, 0.3) is 0 Å². The van der Waals surface area contributed by atoms with Gasteiger partial charge in [0.15, 0.2) is 17.1 Å². The second kappa shape index (κ2) is 9.32. The fraction of sp³-hybridized carbons (Fsp3) is 0.350. The molecule has 5 heteroatoms. The molecule has 0 saturated carbocycles. The number of hydrogen-bond donors (Lipinski definition) is 0. The van der Waals surface area contributed by atoms with Gasteiger partial charge in [-0.2, -0.15) is 4.89 Å². The maximum atomic E-state index is 12.4. The molecule has 2 aromatic carbocycles. The van der Waals surface area contributed by atoms with E-state index < -0.39 is 5.60 Å². The number of ketones is 1. The third-order valence-electron chi connectivity index (χ3n) is 3.44. The van der Waals surface area contributed by atoms with Gasteiger partial charge in [-0.1, -0.05) is 49.4 Å². The molecular weight excluding hydrogens is 320 g/mol. The lowest BCUT2D eigenvalue weighted by Gasteiger charge is -2.22. The van der Waals surface area contributed by atoms with Crippen molar-refractivity contribution in [2.45, 2.75) is 39.4 Å². The minimum absolute atomic E-state index is 0.134. The van der Waals surface area contributed by atoms with Gasteiger partial charge in [-0.3, -0.25) is 4.79 Å². The van der Waals surface area contributed by atoms with Crippen LogP contribution in [0.5, 0.6) is 5.75 Å². The second-order valence-corrected chi connectivity index (χ2v) is 6.10. The summed E-state index contributed by atoms with van der Waals surface area (Å²) in [6.07, 6.45) is 0.890. The van der Waals surface area contributed by atoms with E-state index in [1.807, 2.05) is 37.3 Å². The summed E-state index contributed by atoms with van der Waals surface area (Å²) in [5.74, 6) is 0.489. The van der Waals surface area contributed by atoms with Gasteiger partial charge < -0.3 is 4.89 Å². The summed E-state index contributed by atoms with van der Waals surface area (Å²) in [6.45, 7) is 6.15. The Labute approximate surface area is 148 Å². The number of carbonyl (C=O) groups is 1. The Morgan fingerprint density at radius 3 is 2.28 bits per heavy atom. The monoisotopic (exact) mass is 344 g/mol. The van der Waals surface area contributed by atoms with Crippen LogP contribution in [0.15, 0.2) is 54.6 Å². The molecule has 25 heavy (non-hydrogen) atoms. The van der Waals surface area contributed by atoms with Crippen LogP contribution in [0.2, 0.25) is 0 Å². The standard InChI is InChI=1S/C20H24O5/c1-4-14-22-24-18-12-10-16(11-13-18)15-23-25-20(2,3)19(21)17-8-6-5-7-9-17/h5-13H,4,14-15H2,1-3H3. The topological polar surface area (TPSA) is 54.0 Å². The Morgan fingerprint density at radius 2 is 1.64 bits per heavy atom. The molecule has 0 spiro atoms. The van der Waals surface area contributed by atoms with Crippen molar-refractivity contribution in [1.82, 2.24) is 0 Å². The zero-order valence-corrected chi connectivity index (χ0v) is 14.9. The van der Waals surface area contributed by atoms with Crippen molar-refractivity contribution in [1.29, 1.82) is 0 Å². The summed E-state index contributed by atoms with van der Waals surface area (Å²) >= 11 is 0. The highest BCUT2D eigenvalue weighted by Gasteiger charge is 2.31. The highest BCUT2D eigenvalue weighted by molar-refractivity contribution is 6.01. The molecule has 0 radical (unpaired) electrons. The van der Waals surface area contributed by atoms with Crippen molar-refractivity contribution in [3.63, 3.8) is 0 Å². The van der Waals surface area contributed by atoms with E-state index in [1.54, 1.807) is 38.1 Å². The third-order valence-corrected chi connectivity index (χ3v) is 3.44. The largest absolute Gasteiger partial charge is 0.338 e. The van der Waals surface area contributed by atoms with E-state index in [4.69, 9.17) is 19.6 Å². The fourth-order valence-corrected chi connectivity index (χ4v) is 2.05. The normalized spacial score (nSPS) is 11.3. The molecule has 5 nitrogen and oxygen atoms in total. The van der Waals surface area contributed by atoms with E-state index in [0.29, 0.717) is 17.9 Å². The molecule has 0 fully saturated rings. The number of Topliss-reactive ketones (excluding diaryl/α,β-unsaturated/α-hetero) is 1. The maximum Gasteiger partial charge on any atom is 0.197 e. The molecule has 0 aliphatic carbocycles. The van der Waals surface area contributed by atoms with Crippen LogP contribution in [0, 0.1) is 0 Å². The summed E-state index contributed by atoms with van der Waals surface area (Å²) in [7, 11) is 0. The summed E-state index contributed by atoms with van der Waals surface area (Å²) in [5.41, 5.74) is 0.411. The van der Waals surface area contributed by atoms with E-state index in [9.17, 15) is 4.79 Å². The Morgan fingerprint density at radius 1 is 0.960 bits per heavy atom. The molecule has 2 rings (SSSR count). The van der Waals surface area contributed by atoms with Gasteiger partial charge in [0, 0.05) is 5.56 Å². The smallest absolute Gasteiger partial charge is 0.197 e. The summed E-state index contributed by atoms with van der Waals surface area (Å²) in [4.78, 5) is 33.2. The molecule has 0 aliphatic rings. The first-order valence-corrected chi connectivity index (χ1v) is 8.32. The number of benzene rings is 2.